The molecule has 3 aromatic rings. The molecule has 2 N–H and O–H groups in total. The summed E-state index contributed by atoms with van der Waals surface area (Å²) < 4.78 is 14.2. The molecule has 9 heteroatoms. The number of nitrogens with zero attached hydrogens (tertiary/aromatic N) is 1. The molecule has 0 saturated carbocycles. The Morgan fingerprint density at radius 2 is 1.89 bits per heavy atom. The Morgan fingerprint density at radius 3 is 2.67 bits per heavy atom. The molecule has 6 nitrogen and oxygen atoms in total. The van der Waals surface area contributed by atoms with Crippen LogP contribution in [0.15, 0.2) is 46.9 Å². The predicted molar refractivity (Wildman–Crippen MR) is 109 cm³/mol. The lowest BCUT2D eigenvalue weighted by Gasteiger charge is -2.28. The normalized spacial score (nSPS) is 17.2. The number of hydrogen-bond acceptors (Lipinski definition) is 6. The average Bonchev–Trinajstić information content (AvgIpc) is 3.25. The van der Waals surface area contributed by atoms with E-state index in [0.717, 1.165) is 15.7 Å². The summed E-state index contributed by atoms with van der Waals surface area (Å²) in [5, 5.41) is 6.40. The molecule has 2 aliphatic rings. The number of benzene rings is 2. The maximum Gasteiger partial charge on any atom is 0.267 e. The van der Waals surface area contributed by atoms with Gasteiger partial charge in [0.2, 0.25) is 6.79 Å². The van der Waals surface area contributed by atoms with Gasteiger partial charge < -0.3 is 20.1 Å². The number of carbonyl (C=O) groups excluding carboxylic acids is 1. The van der Waals surface area contributed by atoms with Crippen molar-refractivity contribution < 1.29 is 14.3 Å². The monoisotopic (exact) mass is 461 g/mol. The smallest absolute Gasteiger partial charge is 0.267 e. The van der Waals surface area contributed by atoms with Gasteiger partial charge in [-0.25, -0.2) is 0 Å². The summed E-state index contributed by atoms with van der Waals surface area (Å²) in [4.78, 5) is 13.3. The summed E-state index contributed by atoms with van der Waals surface area (Å²) >= 11 is 10.4. The molecule has 0 aliphatic carbocycles. The Morgan fingerprint density at radius 1 is 1.15 bits per heavy atom. The van der Waals surface area contributed by atoms with Crippen LogP contribution in [0, 0.1) is 3.95 Å². The molecule has 1 unspecified atom stereocenters. The second kappa shape index (κ2) is 6.36. The summed E-state index contributed by atoms with van der Waals surface area (Å²) in [6.45, 7) is 0.192. The van der Waals surface area contributed by atoms with E-state index in [9.17, 15) is 4.79 Å². The van der Waals surface area contributed by atoms with Gasteiger partial charge in [0.15, 0.2) is 15.5 Å². The van der Waals surface area contributed by atoms with Gasteiger partial charge in [-0.1, -0.05) is 45.5 Å². The second-order valence-corrected chi connectivity index (χ2v) is 8.49. The highest BCUT2D eigenvalue weighted by Gasteiger charge is 2.32. The van der Waals surface area contributed by atoms with Gasteiger partial charge in [0.25, 0.3) is 5.91 Å². The van der Waals surface area contributed by atoms with Crippen molar-refractivity contribution in [2.24, 2.45) is 0 Å². The predicted octanol–water partition coefficient (Wildman–Crippen LogP) is 4.61. The lowest BCUT2D eigenvalue weighted by molar-refractivity contribution is 0.0939. The topological polar surface area (TPSA) is 64.5 Å². The van der Waals surface area contributed by atoms with E-state index in [0.29, 0.717) is 26.1 Å². The van der Waals surface area contributed by atoms with Gasteiger partial charge in [0, 0.05) is 15.7 Å². The highest BCUT2D eigenvalue weighted by Crippen LogP contribution is 2.41. The number of nitrogens with one attached hydrogen (secondary N) is 2. The third-order valence-electron chi connectivity index (χ3n) is 4.39. The first-order valence-corrected chi connectivity index (χ1v) is 10.1. The van der Waals surface area contributed by atoms with Crippen molar-refractivity contribution in [1.82, 2.24) is 9.88 Å². The number of amides is 1. The van der Waals surface area contributed by atoms with Crippen LogP contribution in [-0.4, -0.2) is 17.3 Å². The number of halogens is 1. The third-order valence-corrected chi connectivity index (χ3v) is 6.45. The fourth-order valence-electron chi connectivity index (χ4n) is 3.15. The Kier molecular flexibility index (Phi) is 3.96. The summed E-state index contributed by atoms with van der Waals surface area (Å²) in [7, 11) is 0. The molecule has 1 aromatic heterocycles. The van der Waals surface area contributed by atoms with Gasteiger partial charge in [-0.15, -0.1) is 0 Å². The number of fused-ring (bicyclic) bond motifs is 2. The zero-order valence-electron chi connectivity index (χ0n) is 13.7. The van der Waals surface area contributed by atoms with Crippen molar-refractivity contribution in [2.45, 2.75) is 6.17 Å². The van der Waals surface area contributed by atoms with Crippen LogP contribution in [0.5, 0.6) is 11.5 Å². The number of hydrogen-bond donors (Lipinski definition) is 2. The maximum atomic E-state index is 12.7. The number of anilines is 1. The van der Waals surface area contributed by atoms with E-state index in [2.05, 4.69) is 26.6 Å². The van der Waals surface area contributed by atoms with Gasteiger partial charge in [0.1, 0.15) is 16.9 Å². The molecule has 2 aliphatic heterocycles. The summed E-state index contributed by atoms with van der Waals surface area (Å²) in [5.41, 5.74) is 1.75. The Bertz CT molecular complexity index is 1130. The molecule has 0 radical (unpaired) electrons. The minimum Gasteiger partial charge on any atom is -0.454 e. The highest BCUT2D eigenvalue weighted by atomic mass is 79.9. The number of thiazole rings is 1. The van der Waals surface area contributed by atoms with Crippen molar-refractivity contribution in [3.8, 4) is 17.2 Å². The van der Waals surface area contributed by atoms with E-state index in [4.69, 9.17) is 21.7 Å². The summed E-state index contributed by atoms with van der Waals surface area (Å²) in [6, 6.07) is 13.5. The van der Waals surface area contributed by atoms with Crippen molar-refractivity contribution in [2.75, 3.05) is 12.1 Å². The van der Waals surface area contributed by atoms with Gasteiger partial charge in [-0.2, -0.15) is 0 Å². The van der Waals surface area contributed by atoms with Crippen LogP contribution in [-0.2, 0) is 0 Å². The Hall–Kier alpha value is -2.36. The van der Waals surface area contributed by atoms with E-state index in [-0.39, 0.29) is 12.7 Å². The lowest BCUT2D eigenvalue weighted by Crippen LogP contribution is -2.38. The minimum absolute atomic E-state index is 0.163. The largest absolute Gasteiger partial charge is 0.454 e. The van der Waals surface area contributed by atoms with Crippen LogP contribution < -0.4 is 20.1 Å². The molecule has 0 spiro atoms. The van der Waals surface area contributed by atoms with Crippen LogP contribution in [0.1, 0.15) is 21.4 Å². The molecule has 27 heavy (non-hydrogen) atoms. The van der Waals surface area contributed by atoms with Crippen LogP contribution in [0.25, 0.3) is 5.69 Å². The molecular weight excluding hydrogens is 450 g/mol. The number of ether oxygens (including phenoxy) is 2. The van der Waals surface area contributed by atoms with Crippen molar-refractivity contribution in [3.63, 3.8) is 0 Å². The van der Waals surface area contributed by atoms with E-state index < -0.39 is 6.17 Å². The van der Waals surface area contributed by atoms with Gasteiger partial charge >= 0.3 is 0 Å². The summed E-state index contributed by atoms with van der Waals surface area (Å²) in [6.07, 6.45) is -0.437. The molecule has 1 amide bonds. The standard InChI is InChI=1S/C18H12BrN3O3S2/c19-11-7-13-12(24-8-25-13)6-10(11)15-20-16-14(17(23)21-15)27-18(26)22(16)9-4-2-1-3-5-9/h1-7,15,20H,8H2,(H,21,23). The number of rotatable bonds is 2. The second-order valence-electron chi connectivity index (χ2n) is 5.99. The van der Waals surface area contributed by atoms with Gasteiger partial charge in [-0.05, 0) is 36.5 Å². The zero-order chi connectivity index (χ0) is 18.5. The molecule has 3 heterocycles. The first kappa shape index (κ1) is 16.8. The van der Waals surface area contributed by atoms with Crippen molar-refractivity contribution >= 4 is 51.2 Å². The van der Waals surface area contributed by atoms with E-state index >= 15 is 0 Å². The molecule has 0 saturated heterocycles. The minimum atomic E-state index is -0.437. The first-order chi connectivity index (χ1) is 13.1. The SMILES string of the molecule is O=C1NC(c2cc3c(cc2Br)OCO3)Nc2c1sc(=S)n2-c1ccccc1. The molecule has 0 bridgehead atoms. The highest BCUT2D eigenvalue weighted by molar-refractivity contribution is 9.10. The molecular formula is C18H12BrN3O3S2. The fraction of sp³-hybridized carbons (Fsp3) is 0.111. The molecule has 5 rings (SSSR count). The Balaban J connectivity index is 1.61. The van der Waals surface area contributed by atoms with Crippen LogP contribution in [0.4, 0.5) is 5.82 Å². The zero-order valence-corrected chi connectivity index (χ0v) is 16.9. The van der Waals surface area contributed by atoms with Crippen molar-refractivity contribution in [3.05, 3.63) is 61.3 Å². The number of para-hydroxylation sites is 1. The van der Waals surface area contributed by atoms with Gasteiger partial charge in [-0.3, -0.25) is 9.36 Å². The fourth-order valence-corrected chi connectivity index (χ4v) is 5.01. The number of aromatic nitrogens is 1. The van der Waals surface area contributed by atoms with Crippen LogP contribution in [0.3, 0.4) is 0 Å². The first-order valence-electron chi connectivity index (χ1n) is 8.09. The molecule has 136 valence electrons. The van der Waals surface area contributed by atoms with Crippen LogP contribution >= 0.6 is 39.5 Å². The lowest BCUT2D eigenvalue weighted by atomic mass is 10.1. The third kappa shape index (κ3) is 2.73. The molecule has 1 atom stereocenters. The van der Waals surface area contributed by atoms with E-state index in [1.165, 1.54) is 11.3 Å². The maximum absolute atomic E-state index is 12.7. The van der Waals surface area contributed by atoms with Crippen molar-refractivity contribution in [1.29, 1.82) is 0 Å². The Labute approximate surface area is 171 Å². The molecule has 2 aromatic carbocycles. The van der Waals surface area contributed by atoms with E-state index in [1.54, 1.807) is 0 Å². The van der Waals surface area contributed by atoms with E-state index in [1.807, 2.05) is 47.0 Å². The van der Waals surface area contributed by atoms with Crippen LogP contribution in [0.2, 0.25) is 0 Å². The molecule has 0 fully saturated rings. The van der Waals surface area contributed by atoms with Gasteiger partial charge in [0.05, 0.1) is 0 Å². The number of carbonyl (C=O) groups is 1. The summed E-state index contributed by atoms with van der Waals surface area (Å²) in [5.74, 6) is 1.86. The quantitative estimate of drug-likeness (QED) is 0.545. The average molecular weight is 462 g/mol.